The van der Waals surface area contributed by atoms with Gasteiger partial charge in [-0.3, -0.25) is 9.59 Å². The van der Waals surface area contributed by atoms with E-state index in [9.17, 15) is 9.59 Å². The van der Waals surface area contributed by atoms with Gasteiger partial charge in [0.2, 0.25) is 5.76 Å². The summed E-state index contributed by atoms with van der Waals surface area (Å²) in [5.41, 5.74) is 0.137. The molecule has 0 aliphatic carbocycles. The summed E-state index contributed by atoms with van der Waals surface area (Å²) in [4.78, 5) is 24.7. The van der Waals surface area contributed by atoms with E-state index in [-0.39, 0.29) is 30.5 Å². The van der Waals surface area contributed by atoms with Crippen molar-refractivity contribution in [3.63, 3.8) is 0 Å². The predicted molar refractivity (Wildman–Crippen MR) is 77.2 cm³/mol. The van der Waals surface area contributed by atoms with Gasteiger partial charge in [-0.05, 0) is 18.1 Å². The maximum atomic E-state index is 12.5. The number of furan rings is 1. The standard InChI is InChI=1S/C15H18N2O5/c1-10(2)9-17(6-5-14(18)19)15(20)11-8-13(22-16-11)12-4-3-7-21-12/h3-4,7-8,10H,5-6,9H2,1-2H3,(H,18,19). The number of aromatic nitrogens is 1. The van der Waals surface area contributed by atoms with E-state index in [1.54, 1.807) is 12.1 Å². The van der Waals surface area contributed by atoms with Crippen molar-refractivity contribution in [1.82, 2.24) is 10.1 Å². The lowest BCUT2D eigenvalue weighted by Gasteiger charge is -2.22. The summed E-state index contributed by atoms with van der Waals surface area (Å²) in [6.07, 6.45) is 1.39. The van der Waals surface area contributed by atoms with Crippen molar-refractivity contribution in [1.29, 1.82) is 0 Å². The van der Waals surface area contributed by atoms with Crippen LogP contribution in [0.2, 0.25) is 0 Å². The summed E-state index contributed by atoms with van der Waals surface area (Å²) in [5, 5.41) is 12.5. The minimum atomic E-state index is -0.946. The van der Waals surface area contributed by atoms with Crippen molar-refractivity contribution in [3.8, 4) is 11.5 Å². The molecular formula is C15H18N2O5. The molecule has 2 aromatic rings. The second-order valence-corrected chi connectivity index (χ2v) is 5.34. The van der Waals surface area contributed by atoms with Crippen molar-refractivity contribution in [2.45, 2.75) is 20.3 Å². The summed E-state index contributed by atoms with van der Waals surface area (Å²) >= 11 is 0. The first-order valence-corrected chi connectivity index (χ1v) is 6.99. The largest absolute Gasteiger partial charge is 0.481 e. The molecule has 22 heavy (non-hydrogen) atoms. The van der Waals surface area contributed by atoms with Gasteiger partial charge in [-0.1, -0.05) is 19.0 Å². The van der Waals surface area contributed by atoms with E-state index in [0.29, 0.717) is 18.1 Å². The van der Waals surface area contributed by atoms with Crippen LogP contribution < -0.4 is 0 Å². The number of hydrogen-bond acceptors (Lipinski definition) is 5. The van der Waals surface area contributed by atoms with E-state index in [0.717, 1.165) is 0 Å². The highest BCUT2D eigenvalue weighted by molar-refractivity contribution is 5.93. The van der Waals surface area contributed by atoms with Crippen LogP contribution in [-0.4, -0.2) is 40.1 Å². The van der Waals surface area contributed by atoms with Crippen molar-refractivity contribution in [2.75, 3.05) is 13.1 Å². The zero-order valence-electron chi connectivity index (χ0n) is 12.5. The van der Waals surface area contributed by atoms with E-state index in [4.69, 9.17) is 14.0 Å². The zero-order valence-corrected chi connectivity index (χ0v) is 12.5. The average Bonchev–Trinajstić information content (AvgIpc) is 3.11. The normalized spacial score (nSPS) is 10.9. The number of aliphatic carboxylic acids is 1. The number of nitrogens with zero attached hydrogens (tertiary/aromatic N) is 2. The van der Waals surface area contributed by atoms with E-state index >= 15 is 0 Å². The molecule has 1 N–H and O–H groups in total. The molecule has 0 radical (unpaired) electrons. The lowest BCUT2D eigenvalue weighted by atomic mass is 10.2. The van der Waals surface area contributed by atoms with Gasteiger partial charge in [0.25, 0.3) is 5.91 Å². The molecule has 2 aromatic heterocycles. The van der Waals surface area contributed by atoms with Crippen LogP contribution in [0.4, 0.5) is 0 Å². The molecule has 0 saturated carbocycles. The van der Waals surface area contributed by atoms with Gasteiger partial charge in [0.1, 0.15) is 0 Å². The van der Waals surface area contributed by atoms with Crippen molar-refractivity contribution < 1.29 is 23.6 Å². The molecule has 2 heterocycles. The number of hydrogen-bond donors (Lipinski definition) is 1. The van der Waals surface area contributed by atoms with Gasteiger partial charge in [-0.25, -0.2) is 0 Å². The quantitative estimate of drug-likeness (QED) is 0.844. The van der Waals surface area contributed by atoms with Crippen LogP contribution in [0.15, 0.2) is 33.4 Å². The fourth-order valence-corrected chi connectivity index (χ4v) is 2.02. The predicted octanol–water partition coefficient (Wildman–Crippen LogP) is 2.51. The van der Waals surface area contributed by atoms with Gasteiger partial charge >= 0.3 is 5.97 Å². The first-order valence-electron chi connectivity index (χ1n) is 6.99. The van der Waals surface area contributed by atoms with Crippen LogP contribution in [0.25, 0.3) is 11.5 Å². The lowest BCUT2D eigenvalue weighted by molar-refractivity contribution is -0.137. The molecule has 0 bridgehead atoms. The van der Waals surface area contributed by atoms with Crippen LogP contribution in [0, 0.1) is 5.92 Å². The van der Waals surface area contributed by atoms with E-state index < -0.39 is 5.97 Å². The third-order valence-electron chi connectivity index (χ3n) is 2.96. The maximum Gasteiger partial charge on any atom is 0.305 e. The Labute approximate surface area is 127 Å². The van der Waals surface area contributed by atoms with Gasteiger partial charge < -0.3 is 18.9 Å². The van der Waals surface area contributed by atoms with E-state index in [1.807, 2.05) is 13.8 Å². The Hall–Kier alpha value is -2.57. The minimum Gasteiger partial charge on any atom is -0.481 e. The Bertz CT molecular complexity index is 630. The molecule has 7 nitrogen and oxygen atoms in total. The first kappa shape index (κ1) is 15.8. The molecule has 0 saturated heterocycles. The van der Waals surface area contributed by atoms with Crippen LogP contribution in [0.5, 0.6) is 0 Å². The zero-order chi connectivity index (χ0) is 16.1. The van der Waals surface area contributed by atoms with Crippen LogP contribution in [-0.2, 0) is 4.79 Å². The van der Waals surface area contributed by atoms with Crippen molar-refractivity contribution >= 4 is 11.9 Å². The molecule has 0 aromatic carbocycles. The fourth-order valence-electron chi connectivity index (χ4n) is 2.02. The Kier molecular flexibility index (Phi) is 4.98. The number of carbonyl (C=O) groups is 2. The monoisotopic (exact) mass is 306 g/mol. The second-order valence-electron chi connectivity index (χ2n) is 5.34. The molecule has 0 unspecified atom stereocenters. The van der Waals surface area contributed by atoms with Gasteiger partial charge in [-0.15, -0.1) is 0 Å². The summed E-state index contributed by atoms with van der Waals surface area (Å²) < 4.78 is 10.3. The Morgan fingerprint density at radius 2 is 2.14 bits per heavy atom. The topological polar surface area (TPSA) is 96.8 Å². The molecule has 0 aliphatic heterocycles. The number of carboxylic acids is 1. The van der Waals surface area contributed by atoms with Gasteiger partial charge in [-0.2, -0.15) is 0 Å². The van der Waals surface area contributed by atoms with Gasteiger partial charge in [0, 0.05) is 19.2 Å². The second kappa shape index (κ2) is 6.93. The van der Waals surface area contributed by atoms with E-state index in [2.05, 4.69) is 5.16 Å². The molecule has 1 amide bonds. The SMILES string of the molecule is CC(C)CN(CCC(=O)O)C(=O)c1cc(-c2ccco2)on1. The molecule has 118 valence electrons. The van der Waals surface area contributed by atoms with Crippen molar-refractivity contribution in [2.24, 2.45) is 5.92 Å². The van der Waals surface area contributed by atoms with Crippen molar-refractivity contribution in [3.05, 3.63) is 30.2 Å². The minimum absolute atomic E-state index is 0.110. The Morgan fingerprint density at radius 3 is 2.73 bits per heavy atom. The summed E-state index contributed by atoms with van der Waals surface area (Å²) in [7, 11) is 0. The maximum absolute atomic E-state index is 12.5. The van der Waals surface area contributed by atoms with Gasteiger partial charge in [0.15, 0.2) is 11.5 Å². The lowest BCUT2D eigenvalue weighted by Crippen LogP contribution is -2.36. The van der Waals surface area contributed by atoms with Gasteiger partial charge in [0.05, 0.1) is 12.7 Å². The third-order valence-corrected chi connectivity index (χ3v) is 2.96. The number of amides is 1. The molecule has 0 aliphatic rings. The number of carboxylic acid groups (broad SMARTS) is 1. The number of rotatable bonds is 7. The number of carbonyl (C=O) groups excluding carboxylic acids is 1. The Balaban J connectivity index is 2.13. The fraction of sp³-hybridized carbons (Fsp3) is 0.400. The Morgan fingerprint density at radius 1 is 1.36 bits per heavy atom. The first-order chi connectivity index (χ1) is 10.5. The highest BCUT2D eigenvalue weighted by Gasteiger charge is 2.22. The average molecular weight is 306 g/mol. The highest BCUT2D eigenvalue weighted by atomic mass is 16.5. The van der Waals surface area contributed by atoms with Crippen LogP contribution in [0.3, 0.4) is 0 Å². The van der Waals surface area contributed by atoms with Crippen LogP contribution >= 0.6 is 0 Å². The molecular weight excluding hydrogens is 288 g/mol. The van der Waals surface area contributed by atoms with E-state index in [1.165, 1.54) is 17.2 Å². The van der Waals surface area contributed by atoms with Crippen LogP contribution in [0.1, 0.15) is 30.8 Å². The summed E-state index contributed by atoms with van der Waals surface area (Å²) in [6.45, 7) is 4.50. The highest BCUT2D eigenvalue weighted by Crippen LogP contribution is 2.21. The summed E-state index contributed by atoms with van der Waals surface area (Å²) in [6, 6.07) is 4.90. The molecule has 7 heteroatoms. The molecule has 0 fully saturated rings. The molecule has 2 rings (SSSR count). The molecule has 0 atom stereocenters. The smallest absolute Gasteiger partial charge is 0.305 e. The summed E-state index contributed by atoms with van der Waals surface area (Å²) in [5.74, 6) is -0.243. The molecule has 0 spiro atoms. The third kappa shape index (κ3) is 3.97.